The number of hydrogen-bond acceptors (Lipinski definition) is 2. The molecule has 0 aliphatic rings. The highest BCUT2D eigenvalue weighted by molar-refractivity contribution is 5.73. The number of amides is 2. The number of carboxylic acid groups (broad SMARTS) is 1. The summed E-state index contributed by atoms with van der Waals surface area (Å²) >= 11 is 0. The lowest BCUT2D eigenvalue weighted by Crippen LogP contribution is -2.37. The third kappa shape index (κ3) is 13.0. The van der Waals surface area contributed by atoms with Crippen LogP contribution in [-0.4, -0.2) is 36.4 Å². The summed E-state index contributed by atoms with van der Waals surface area (Å²) < 4.78 is 35.5. The molecule has 0 saturated carbocycles. The lowest BCUT2D eigenvalue weighted by Gasteiger charge is -2.12. The number of carboxylic acids is 1. The van der Waals surface area contributed by atoms with Gasteiger partial charge >= 0.3 is 18.2 Å². The number of nitrogens with one attached hydrogen (secondary N) is 2. The Labute approximate surface area is 115 Å². The highest BCUT2D eigenvalue weighted by Gasteiger charge is 2.25. The maximum Gasteiger partial charge on any atom is 0.389 e. The van der Waals surface area contributed by atoms with Crippen LogP contribution in [0.1, 0.15) is 39.0 Å². The summed E-state index contributed by atoms with van der Waals surface area (Å²) in [5.41, 5.74) is 0. The Bertz CT molecular complexity index is 309. The second-order valence-corrected chi connectivity index (χ2v) is 4.73. The van der Waals surface area contributed by atoms with Crippen LogP contribution < -0.4 is 10.6 Å². The van der Waals surface area contributed by atoms with Crippen LogP contribution in [0, 0.1) is 5.92 Å². The standard InChI is InChI=1S/C12H21F3N2O3/c1-9(3-4-10(18)19)5-8-17-11(20)16-7-2-6-12(13,14)15/h9H,2-8H2,1H3,(H,18,19)(H2,16,17,20). The Balaban J connectivity index is 3.51. The van der Waals surface area contributed by atoms with Crippen LogP contribution in [0.5, 0.6) is 0 Å². The highest BCUT2D eigenvalue weighted by Crippen LogP contribution is 2.20. The van der Waals surface area contributed by atoms with Crippen molar-refractivity contribution in [2.45, 2.75) is 45.2 Å². The normalized spacial score (nSPS) is 12.8. The molecule has 1 unspecified atom stereocenters. The molecule has 20 heavy (non-hydrogen) atoms. The molecular formula is C12H21F3N2O3. The second-order valence-electron chi connectivity index (χ2n) is 4.73. The Morgan fingerprint density at radius 3 is 2.30 bits per heavy atom. The zero-order valence-corrected chi connectivity index (χ0v) is 11.4. The molecule has 0 aromatic rings. The predicted octanol–water partition coefficient (Wildman–Crippen LogP) is 2.52. The molecule has 0 spiro atoms. The maximum atomic E-state index is 11.8. The third-order valence-electron chi connectivity index (χ3n) is 2.70. The molecule has 0 aromatic carbocycles. The largest absolute Gasteiger partial charge is 0.481 e. The zero-order chi connectivity index (χ0) is 15.6. The molecule has 0 bridgehead atoms. The first-order valence-corrected chi connectivity index (χ1v) is 6.51. The number of rotatable bonds is 9. The summed E-state index contributed by atoms with van der Waals surface area (Å²) in [7, 11) is 0. The van der Waals surface area contributed by atoms with Crippen molar-refractivity contribution < 1.29 is 27.9 Å². The van der Waals surface area contributed by atoms with Gasteiger partial charge in [-0.05, 0) is 25.2 Å². The SMILES string of the molecule is CC(CCNC(=O)NCCCC(F)(F)F)CCC(=O)O. The molecule has 0 aliphatic carbocycles. The number of carbonyl (C=O) groups excluding carboxylic acids is 1. The molecule has 3 N–H and O–H groups in total. The minimum absolute atomic E-state index is 0.0279. The van der Waals surface area contributed by atoms with Gasteiger partial charge in [-0.1, -0.05) is 6.92 Å². The molecule has 0 heterocycles. The van der Waals surface area contributed by atoms with Crippen LogP contribution in [0.3, 0.4) is 0 Å². The Kier molecular flexibility index (Phi) is 8.74. The van der Waals surface area contributed by atoms with Crippen LogP contribution >= 0.6 is 0 Å². The van der Waals surface area contributed by atoms with Crippen molar-refractivity contribution in [3.63, 3.8) is 0 Å². The van der Waals surface area contributed by atoms with E-state index in [4.69, 9.17) is 5.11 Å². The lowest BCUT2D eigenvalue weighted by atomic mass is 10.0. The van der Waals surface area contributed by atoms with Gasteiger partial charge in [0.1, 0.15) is 0 Å². The number of alkyl halides is 3. The van der Waals surface area contributed by atoms with Crippen molar-refractivity contribution >= 4 is 12.0 Å². The number of aliphatic carboxylic acids is 1. The van der Waals surface area contributed by atoms with Crippen molar-refractivity contribution in [3.05, 3.63) is 0 Å². The van der Waals surface area contributed by atoms with Crippen LogP contribution in [0.4, 0.5) is 18.0 Å². The maximum absolute atomic E-state index is 11.8. The second kappa shape index (κ2) is 9.44. The van der Waals surface area contributed by atoms with E-state index in [1.54, 1.807) is 0 Å². The number of halogens is 3. The molecule has 8 heteroatoms. The summed E-state index contributed by atoms with van der Waals surface area (Å²) in [5.74, 6) is -0.691. The number of urea groups is 1. The zero-order valence-electron chi connectivity index (χ0n) is 11.4. The van der Waals surface area contributed by atoms with Crippen LogP contribution in [-0.2, 0) is 4.79 Å². The van der Waals surface area contributed by atoms with Gasteiger partial charge < -0.3 is 15.7 Å². The number of hydrogen-bond donors (Lipinski definition) is 3. The summed E-state index contributed by atoms with van der Waals surface area (Å²) in [5, 5.41) is 13.3. The Morgan fingerprint density at radius 2 is 1.75 bits per heavy atom. The van der Waals surface area contributed by atoms with Crippen LogP contribution in [0.15, 0.2) is 0 Å². The van der Waals surface area contributed by atoms with Gasteiger partial charge in [0, 0.05) is 25.9 Å². The van der Waals surface area contributed by atoms with Gasteiger partial charge in [-0.25, -0.2) is 4.79 Å². The molecule has 5 nitrogen and oxygen atoms in total. The molecule has 0 aliphatic heterocycles. The van der Waals surface area contributed by atoms with Crippen LogP contribution in [0.2, 0.25) is 0 Å². The average molecular weight is 298 g/mol. The predicted molar refractivity (Wildman–Crippen MR) is 67.3 cm³/mol. The molecule has 0 fully saturated rings. The van der Waals surface area contributed by atoms with E-state index in [1.165, 1.54) is 0 Å². The van der Waals surface area contributed by atoms with E-state index in [1.807, 2.05) is 6.92 Å². The molecule has 0 aromatic heterocycles. The van der Waals surface area contributed by atoms with E-state index in [-0.39, 0.29) is 25.3 Å². The quantitative estimate of drug-likeness (QED) is 0.572. The molecular weight excluding hydrogens is 277 g/mol. The molecule has 1 atom stereocenters. The minimum Gasteiger partial charge on any atom is -0.481 e. The fourth-order valence-electron chi connectivity index (χ4n) is 1.50. The van der Waals surface area contributed by atoms with Crippen molar-refractivity contribution in [1.29, 1.82) is 0 Å². The smallest absolute Gasteiger partial charge is 0.389 e. The fraction of sp³-hybridized carbons (Fsp3) is 0.833. The van der Waals surface area contributed by atoms with Gasteiger partial charge in [-0.2, -0.15) is 13.2 Å². The van der Waals surface area contributed by atoms with E-state index in [0.29, 0.717) is 19.4 Å². The van der Waals surface area contributed by atoms with Crippen molar-refractivity contribution in [3.8, 4) is 0 Å². The van der Waals surface area contributed by atoms with Gasteiger partial charge in [-0.3, -0.25) is 4.79 Å². The van der Waals surface area contributed by atoms with E-state index >= 15 is 0 Å². The first kappa shape index (κ1) is 18.5. The van der Waals surface area contributed by atoms with Crippen molar-refractivity contribution in [1.82, 2.24) is 10.6 Å². The van der Waals surface area contributed by atoms with Gasteiger partial charge in [0.25, 0.3) is 0 Å². The van der Waals surface area contributed by atoms with Crippen LogP contribution in [0.25, 0.3) is 0 Å². The molecule has 0 saturated heterocycles. The monoisotopic (exact) mass is 298 g/mol. The van der Waals surface area contributed by atoms with Gasteiger partial charge in [0.05, 0.1) is 0 Å². The minimum atomic E-state index is -4.20. The average Bonchev–Trinajstić information content (AvgIpc) is 2.31. The number of carbonyl (C=O) groups is 2. The van der Waals surface area contributed by atoms with E-state index in [9.17, 15) is 22.8 Å². The molecule has 0 radical (unpaired) electrons. The van der Waals surface area contributed by atoms with Crippen molar-refractivity contribution in [2.75, 3.05) is 13.1 Å². The fourth-order valence-corrected chi connectivity index (χ4v) is 1.50. The first-order chi connectivity index (χ1) is 9.20. The molecule has 2 amide bonds. The summed E-state index contributed by atoms with van der Waals surface area (Å²) in [6, 6.07) is -0.502. The summed E-state index contributed by atoms with van der Waals surface area (Å²) in [6.45, 7) is 2.22. The summed E-state index contributed by atoms with van der Waals surface area (Å²) in [4.78, 5) is 21.6. The van der Waals surface area contributed by atoms with Gasteiger partial charge in [0.2, 0.25) is 0 Å². The molecule has 118 valence electrons. The molecule has 0 rings (SSSR count). The van der Waals surface area contributed by atoms with E-state index in [2.05, 4.69) is 10.6 Å². The topological polar surface area (TPSA) is 78.4 Å². The Hall–Kier alpha value is -1.47. The first-order valence-electron chi connectivity index (χ1n) is 6.51. The lowest BCUT2D eigenvalue weighted by molar-refractivity contribution is -0.137. The van der Waals surface area contributed by atoms with E-state index in [0.717, 1.165) is 0 Å². The third-order valence-corrected chi connectivity index (χ3v) is 2.70. The highest BCUT2D eigenvalue weighted by atomic mass is 19.4. The summed E-state index contributed by atoms with van der Waals surface area (Å²) in [6.07, 6.45) is -4.01. The van der Waals surface area contributed by atoms with Crippen molar-refractivity contribution in [2.24, 2.45) is 5.92 Å². The van der Waals surface area contributed by atoms with Gasteiger partial charge in [-0.15, -0.1) is 0 Å². The Morgan fingerprint density at radius 1 is 1.15 bits per heavy atom. The van der Waals surface area contributed by atoms with E-state index < -0.39 is 24.6 Å². The van der Waals surface area contributed by atoms with Gasteiger partial charge in [0.15, 0.2) is 0 Å².